The minimum atomic E-state index is 0.563. The molecule has 0 aromatic rings. The van der Waals surface area contributed by atoms with Crippen LogP contribution in [0.5, 0.6) is 0 Å². The zero-order chi connectivity index (χ0) is 6.69. The third-order valence-corrected chi connectivity index (χ3v) is 1.68. The average molecular weight is 164 g/mol. The van der Waals surface area contributed by atoms with Gasteiger partial charge in [-0.15, -0.1) is 11.6 Å². The lowest BCUT2D eigenvalue weighted by atomic mass is 10.2. The molecule has 1 aliphatic rings. The van der Waals surface area contributed by atoms with Crippen LogP contribution in [-0.4, -0.2) is 16.8 Å². The summed E-state index contributed by atoms with van der Waals surface area (Å²) in [5.74, 6) is 0.563. The van der Waals surface area contributed by atoms with E-state index in [4.69, 9.17) is 23.4 Å². The molecule has 1 aliphatic heterocycles. The van der Waals surface area contributed by atoms with Crippen molar-refractivity contribution in [2.45, 2.75) is 0 Å². The second kappa shape index (κ2) is 3.14. The highest BCUT2D eigenvalue weighted by molar-refractivity contribution is 6.19. The Morgan fingerprint density at radius 3 is 2.89 bits per heavy atom. The summed E-state index contributed by atoms with van der Waals surface area (Å²) in [6.45, 7) is 0.738. The van der Waals surface area contributed by atoms with E-state index in [1.54, 1.807) is 10.6 Å². The highest BCUT2D eigenvalue weighted by Crippen LogP contribution is 2.09. The lowest BCUT2D eigenvalue weighted by Crippen LogP contribution is -2.11. The number of hydrogen-bond donors (Lipinski definition) is 0. The smallest absolute Gasteiger partial charge is 0.0567 e. The molecule has 0 bridgehead atoms. The van der Waals surface area contributed by atoms with Gasteiger partial charge in [-0.1, -0.05) is 6.08 Å². The van der Waals surface area contributed by atoms with Crippen LogP contribution in [0.2, 0.25) is 0 Å². The van der Waals surface area contributed by atoms with E-state index >= 15 is 0 Å². The number of alkyl halides is 1. The molecular formula is C6H7Cl2N. The van der Waals surface area contributed by atoms with E-state index in [1.807, 2.05) is 12.2 Å². The van der Waals surface area contributed by atoms with Gasteiger partial charge in [0.2, 0.25) is 0 Å². The Balaban J connectivity index is 2.55. The largest absolute Gasteiger partial charge is 0.288 e. The van der Waals surface area contributed by atoms with Gasteiger partial charge >= 0.3 is 0 Å². The third-order valence-electron chi connectivity index (χ3n) is 1.11. The fraction of sp³-hybridized carbons (Fsp3) is 0.333. The lowest BCUT2D eigenvalue weighted by molar-refractivity contribution is 0.648. The van der Waals surface area contributed by atoms with Crippen LogP contribution in [0.15, 0.2) is 23.9 Å². The molecule has 50 valence electrons. The van der Waals surface area contributed by atoms with Crippen LogP contribution in [0, 0.1) is 0 Å². The number of halogens is 2. The Hall–Kier alpha value is -0.140. The molecular weight excluding hydrogens is 157 g/mol. The molecule has 0 fully saturated rings. The lowest BCUT2D eigenvalue weighted by Gasteiger charge is -2.14. The van der Waals surface area contributed by atoms with Crippen LogP contribution in [0.4, 0.5) is 0 Å². The Morgan fingerprint density at radius 1 is 1.67 bits per heavy atom. The van der Waals surface area contributed by atoms with Crippen molar-refractivity contribution in [3.8, 4) is 0 Å². The summed E-state index contributed by atoms with van der Waals surface area (Å²) in [7, 11) is 0. The zero-order valence-corrected chi connectivity index (χ0v) is 6.36. The summed E-state index contributed by atoms with van der Waals surface area (Å²) < 4.78 is 1.58. The van der Waals surface area contributed by atoms with Crippen LogP contribution in [0.1, 0.15) is 0 Å². The Labute approximate surface area is 64.7 Å². The van der Waals surface area contributed by atoms with E-state index < -0.39 is 0 Å². The first-order chi connectivity index (χ1) is 4.33. The predicted molar refractivity (Wildman–Crippen MR) is 40.5 cm³/mol. The van der Waals surface area contributed by atoms with Crippen molar-refractivity contribution in [1.29, 1.82) is 0 Å². The topological polar surface area (TPSA) is 3.24 Å². The van der Waals surface area contributed by atoms with Gasteiger partial charge in [-0.25, -0.2) is 0 Å². The van der Waals surface area contributed by atoms with Gasteiger partial charge in [0.1, 0.15) is 0 Å². The molecule has 0 atom stereocenters. The predicted octanol–water partition coefficient (Wildman–Crippen LogP) is 2.13. The molecule has 0 aromatic carbocycles. The maximum absolute atomic E-state index is 5.64. The molecule has 1 heterocycles. The highest BCUT2D eigenvalue weighted by Gasteiger charge is 2.01. The minimum Gasteiger partial charge on any atom is -0.288 e. The molecule has 1 rings (SSSR count). The Kier molecular flexibility index (Phi) is 2.43. The molecule has 3 heteroatoms. The van der Waals surface area contributed by atoms with Crippen molar-refractivity contribution >= 4 is 23.4 Å². The van der Waals surface area contributed by atoms with Gasteiger partial charge in [-0.3, -0.25) is 4.42 Å². The van der Waals surface area contributed by atoms with E-state index in [9.17, 15) is 0 Å². The van der Waals surface area contributed by atoms with Crippen molar-refractivity contribution in [2.24, 2.45) is 0 Å². The summed E-state index contributed by atoms with van der Waals surface area (Å²) in [5.41, 5.74) is 1.15. The SMILES string of the molecule is ClCC1=CC=CN(Cl)C1. The molecule has 0 aliphatic carbocycles. The first-order valence-electron chi connectivity index (χ1n) is 2.67. The van der Waals surface area contributed by atoms with Crippen LogP contribution in [0.25, 0.3) is 0 Å². The van der Waals surface area contributed by atoms with Gasteiger partial charge in [-0.05, 0) is 11.6 Å². The van der Waals surface area contributed by atoms with E-state index in [-0.39, 0.29) is 0 Å². The van der Waals surface area contributed by atoms with Gasteiger partial charge < -0.3 is 0 Å². The van der Waals surface area contributed by atoms with Gasteiger partial charge in [0.25, 0.3) is 0 Å². The first kappa shape index (κ1) is 6.97. The van der Waals surface area contributed by atoms with Crippen molar-refractivity contribution in [1.82, 2.24) is 4.42 Å². The fourth-order valence-corrected chi connectivity index (χ4v) is 1.05. The monoisotopic (exact) mass is 163 g/mol. The van der Waals surface area contributed by atoms with Crippen molar-refractivity contribution in [3.05, 3.63) is 23.9 Å². The molecule has 0 amide bonds. The summed E-state index contributed by atoms with van der Waals surface area (Å²) in [6.07, 6.45) is 5.66. The van der Waals surface area contributed by atoms with Crippen molar-refractivity contribution in [3.63, 3.8) is 0 Å². The summed E-state index contributed by atoms with van der Waals surface area (Å²) in [4.78, 5) is 0. The zero-order valence-electron chi connectivity index (χ0n) is 4.85. The number of rotatable bonds is 1. The van der Waals surface area contributed by atoms with Crippen molar-refractivity contribution in [2.75, 3.05) is 12.4 Å². The van der Waals surface area contributed by atoms with Gasteiger partial charge in [0, 0.05) is 23.9 Å². The Morgan fingerprint density at radius 2 is 2.44 bits per heavy atom. The van der Waals surface area contributed by atoms with Crippen LogP contribution in [0.3, 0.4) is 0 Å². The maximum atomic E-state index is 5.64. The van der Waals surface area contributed by atoms with Gasteiger partial charge in [-0.2, -0.15) is 0 Å². The molecule has 0 N–H and O–H groups in total. The van der Waals surface area contributed by atoms with Crippen LogP contribution >= 0.6 is 23.4 Å². The molecule has 0 aromatic heterocycles. The molecule has 0 radical (unpaired) electrons. The second-order valence-corrected chi connectivity index (χ2v) is 2.56. The average Bonchev–Trinajstić information content (AvgIpc) is 1.88. The highest BCUT2D eigenvalue weighted by atomic mass is 35.5. The summed E-state index contributed by atoms with van der Waals surface area (Å²) in [5, 5.41) is 0. The first-order valence-corrected chi connectivity index (χ1v) is 3.55. The van der Waals surface area contributed by atoms with Crippen molar-refractivity contribution < 1.29 is 0 Å². The number of hydrogen-bond acceptors (Lipinski definition) is 1. The van der Waals surface area contributed by atoms with E-state index in [1.165, 1.54) is 0 Å². The molecule has 0 saturated heterocycles. The summed E-state index contributed by atoms with van der Waals surface area (Å²) in [6, 6.07) is 0. The quantitative estimate of drug-likeness (QED) is 0.423. The minimum absolute atomic E-state index is 0.563. The molecule has 0 unspecified atom stereocenters. The van der Waals surface area contributed by atoms with Gasteiger partial charge in [0.05, 0.1) is 6.54 Å². The molecule has 0 saturated carbocycles. The standard InChI is InChI=1S/C6H7Cl2N/c7-4-6-2-1-3-9(8)5-6/h1-3H,4-5H2. The third kappa shape index (κ3) is 1.92. The fourth-order valence-electron chi connectivity index (χ4n) is 0.659. The summed E-state index contributed by atoms with van der Waals surface area (Å²) >= 11 is 11.2. The van der Waals surface area contributed by atoms with E-state index in [0.717, 1.165) is 12.1 Å². The maximum Gasteiger partial charge on any atom is 0.0567 e. The number of nitrogens with zero attached hydrogens (tertiary/aromatic N) is 1. The van der Waals surface area contributed by atoms with Crippen LogP contribution < -0.4 is 0 Å². The number of allylic oxidation sites excluding steroid dienone is 2. The van der Waals surface area contributed by atoms with Crippen LogP contribution in [-0.2, 0) is 0 Å². The van der Waals surface area contributed by atoms with E-state index in [0.29, 0.717) is 5.88 Å². The van der Waals surface area contributed by atoms with Gasteiger partial charge in [0.15, 0.2) is 0 Å². The normalized spacial score (nSPS) is 18.0. The molecule has 0 spiro atoms. The van der Waals surface area contributed by atoms with E-state index in [2.05, 4.69) is 0 Å². The molecule has 1 nitrogen and oxygen atoms in total. The second-order valence-electron chi connectivity index (χ2n) is 1.86. The molecule has 9 heavy (non-hydrogen) atoms. The Bertz CT molecular complexity index is 151.